The molecular weight excluding hydrogens is 396 g/mol. The normalized spacial score (nSPS) is 10.5. The van der Waals surface area contributed by atoms with Gasteiger partial charge in [-0.25, -0.2) is 5.43 Å². The molecule has 152 valence electrons. The van der Waals surface area contributed by atoms with Crippen LogP contribution >= 0.6 is 11.6 Å². The molecule has 0 aliphatic heterocycles. The summed E-state index contributed by atoms with van der Waals surface area (Å²) >= 11 is 5.98. The molecule has 9 heteroatoms. The summed E-state index contributed by atoms with van der Waals surface area (Å²) in [5, 5.41) is 9.05. The minimum absolute atomic E-state index is 0.236. The van der Waals surface area contributed by atoms with Crippen molar-refractivity contribution in [1.82, 2.24) is 10.7 Å². The fourth-order valence-corrected chi connectivity index (χ4v) is 2.42. The minimum Gasteiger partial charge on any atom is -0.483 e. The van der Waals surface area contributed by atoms with Gasteiger partial charge in [0, 0.05) is 23.3 Å². The number of carbonyl (C=O) groups is 3. The summed E-state index contributed by atoms with van der Waals surface area (Å²) < 4.78 is 5.55. The number of likely N-dealkylation sites (N-methyl/N-ethyl adjacent to an activating group) is 1. The minimum atomic E-state index is -0.916. The maximum atomic E-state index is 12.2. The highest BCUT2D eigenvalue weighted by molar-refractivity contribution is 6.35. The van der Waals surface area contributed by atoms with Crippen LogP contribution in [-0.4, -0.2) is 37.6 Å². The summed E-state index contributed by atoms with van der Waals surface area (Å²) in [6.45, 7) is 3.72. The van der Waals surface area contributed by atoms with Crippen LogP contribution in [0, 0.1) is 13.8 Å². The van der Waals surface area contributed by atoms with Gasteiger partial charge in [0.1, 0.15) is 5.75 Å². The largest absolute Gasteiger partial charge is 0.483 e. The Hall–Kier alpha value is -3.39. The average Bonchev–Trinajstić information content (AvgIpc) is 2.69. The third kappa shape index (κ3) is 6.62. The van der Waals surface area contributed by atoms with Crippen LogP contribution in [0.2, 0.25) is 5.02 Å². The van der Waals surface area contributed by atoms with E-state index in [1.807, 2.05) is 32.0 Å². The van der Waals surface area contributed by atoms with Crippen LogP contribution in [0.15, 0.2) is 41.5 Å². The van der Waals surface area contributed by atoms with Gasteiger partial charge in [0.25, 0.3) is 5.91 Å². The molecule has 0 fully saturated rings. The van der Waals surface area contributed by atoms with E-state index in [1.165, 1.54) is 13.3 Å². The number of ether oxygens (including phenoxy) is 1. The van der Waals surface area contributed by atoms with Crippen molar-refractivity contribution >= 4 is 41.2 Å². The van der Waals surface area contributed by atoms with Crippen LogP contribution in [-0.2, 0) is 14.4 Å². The number of hydrogen-bond donors (Lipinski definition) is 3. The Morgan fingerprint density at radius 2 is 1.83 bits per heavy atom. The van der Waals surface area contributed by atoms with Gasteiger partial charge < -0.3 is 15.4 Å². The summed E-state index contributed by atoms with van der Waals surface area (Å²) in [4.78, 5) is 34.7. The Balaban J connectivity index is 2.01. The Morgan fingerprint density at radius 3 is 2.52 bits per heavy atom. The van der Waals surface area contributed by atoms with Gasteiger partial charge in [-0.05, 0) is 55.3 Å². The molecule has 3 amide bonds. The van der Waals surface area contributed by atoms with Gasteiger partial charge in [0.05, 0.1) is 6.21 Å². The Morgan fingerprint density at radius 1 is 1.07 bits per heavy atom. The number of hydrogen-bond acceptors (Lipinski definition) is 5. The highest BCUT2D eigenvalue weighted by atomic mass is 35.5. The van der Waals surface area contributed by atoms with Crippen molar-refractivity contribution in [2.24, 2.45) is 5.10 Å². The first-order valence-corrected chi connectivity index (χ1v) is 9.02. The number of benzene rings is 2. The van der Waals surface area contributed by atoms with E-state index < -0.39 is 11.8 Å². The van der Waals surface area contributed by atoms with E-state index in [1.54, 1.807) is 18.2 Å². The molecule has 29 heavy (non-hydrogen) atoms. The number of nitrogens with zero attached hydrogens (tertiary/aromatic N) is 1. The second-order valence-electron chi connectivity index (χ2n) is 6.10. The van der Waals surface area contributed by atoms with Crippen molar-refractivity contribution in [2.45, 2.75) is 13.8 Å². The highest BCUT2D eigenvalue weighted by Gasteiger charge is 2.10. The van der Waals surface area contributed by atoms with Gasteiger partial charge in [-0.2, -0.15) is 5.10 Å². The number of nitrogens with one attached hydrogen (secondary N) is 3. The molecule has 0 saturated heterocycles. The van der Waals surface area contributed by atoms with Gasteiger partial charge in [0.15, 0.2) is 6.61 Å². The first-order chi connectivity index (χ1) is 13.8. The second-order valence-corrected chi connectivity index (χ2v) is 6.53. The lowest BCUT2D eigenvalue weighted by atomic mass is 10.1. The van der Waals surface area contributed by atoms with E-state index >= 15 is 0 Å². The van der Waals surface area contributed by atoms with E-state index in [9.17, 15) is 14.4 Å². The molecule has 3 N–H and O–H groups in total. The molecule has 0 aliphatic carbocycles. The van der Waals surface area contributed by atoms with Gasteiger partial charge in [-0.3, -0.25) is 14.4 Å². The van der Waals surface area contributed by atoms with Gasteiger partial charge in [-0.1, -0.05) is 17.7 Å². The molecule has 0 bridgehead atoms. The van der Waals surface area contributed by atoms with E-state index in [0.29, 0.717) is 22.0 Å². The summed E-state index contributed by atoms with van der Waals surface area (Å²) in [7, 11) is 1.33. The van der Waals surface area contributed by atoms with E-state index in [0.717, 1.165) is 11.1 Å². The lowest BCUT2D eigenvalue weighted by molar-refractivity contribution is -0.138. The summed E-state index contributed by atoms with van der Waals surface area (Å²) in [5.41, 5.74) is 5.38. The maximum absolute atomic E-state index is 12.2. The van der Waals surface area contributed by atoms with Crippen molar-refractivity contribution in [2.75, 3.05) is 19.0 Å². The number of halogens is 1. The number of amides is 3. The van der Waals surface area contributed by atoms with Gasteiger partial charge in [-0.15, -0.1) is 0 Å². The molecule has 0 atom stereocenters. The zero-order chi connectivity index (χ0) is 21.4. The van der Waals surface area contributed by atoms with Crippen molar-refractivity contribution in [3.8, 4) is 5.75 Å². The quantitative estimate of drug-likeness (QED) is 0.381. The van der Waals surface area contributed by atoms with Crippen LogP contribution in [0.1, 0.15) is 16.7 Å². The third-order valence-corrected chi connectivity index (χ3v) is 4.16. The first kappa shape index (κ1) is 21.9. The standard InChI is InChI=1S/C20H21ClN4O4/c1-12-4-6-16(8-13(12)2)24-18(26)11-29-17-7-5-15(21)9-14(17)10-23-25-20(28)19(27)22-3/h4-10H,11H2,1-3H3,(H,22,27)(H,24,26)(H,25,28)/b23-10-. The maximum Gasteiger partial charge on any atom is 0.329 e. The van der Waals surface area contributed by atoms with E-state index in [4.69, 9.17) is 16.3 Å². The summed E-state index contributed by atoms with van der Waals surface area (Å²) in [6, 6.07) is 10.3. The molecule has 2 rings (SSSR count). The molecule has 2 aromatic rings. The molecule has 0 heterocycles. The Kier molecular flexibility index (Phi) is 7.73. The van der Waals surface area contributed by atoms with Gasteiger partial charge in [0.2, 0.25) is 0 Å². The lowest BCUT2D eigenvalue weighted by Crippen LogP contribution is -2.35. The third-order valence-electron chi connectivity index (χ3n) is 3.92. The second kappa shape index (κ2) is 10.2. The molecule has 0 aliphatic rings. The predicted octanol–water partition coefficient (Wildman–Crippen LogP) is 2.17. The van der Waals surface area contributed by atoms with Crippen molar-refractivity contribution in [3.05, 3.63) is 58.1 Å². The SMILES string of the molecule is CNC(=O)C(=O)N/N=C\c1cc(Cl)ccc1OCC(=O)Nc1ccc(C)c(C)c1. The van der Waals surface area contributed by atoms with E-state index in [-0.39, 0.29) is 12.5 Å². The fourth-order valence-electron chi connectivity index (χ4n) is 2.24. The molecule has 8 nitrogen and oxygen atoms in total. The first-order valence-electron chi connectivity index (χ1n) is 8.64. The van der Waals surface area contributed by atoms with E-state index in [2.05, 4.69) is 21.2 Å². The lowest BCUT2D eigenvalue weighted by Gasteiger charge is -2.11. The molecule has 0 aromatic heterocycles. The molecule has 0 radical (unpaired) electrons. The number of carbonyl (C=O) groups excluding carboxylic acids is 3. The molecule has 0 saturated carbocycles. The van der Waals surface area contributed by atoms with Crippen LogP contribution < -0.4 is 20.8 Å². The summed E-state index contributed by atoms with van der Waals surface area (Å²) in [6.07, 6.45) is 1.27. The van der Waals surface area contributed by atoms with Gasteiger partial charge >= 0.3 is 11.8 Å². The molecule has 0 unspecified atom stereocenters. The number of hydrazone groups is 1. The van der Waals surface area contributed by atoms with Crippen LogP contribution in [0.5, 0.6) is 5.75 Å². The number of aryl methyl sites for hydroxylation is 2. The fraction of sp³-hybridized carbons (Fsp3) is 0.200. The molecule has 2 aromatic carbocycles. The van der Waals surface area contributed by atoms with Crippen LogP contribution in [0.25, 0.3) is 0 Å². The smallest absolute Gasteiger partial charge is 0.329 e. The Bertz CT molecular complexity index is 959. The topological polar surface area (TPSA) is 109 Å². The van der Waals surface area contributed by atoms with Crippen molar-refractivity contribution in [3.63, 3.8) is 0 Å². The Labute approximate surface area is 173 Å². The molecule has 0 spiro atoms. The van der Waals surface area contributed by atoms with Crippen molar-refractivity contribution < 1.29 is 19.1 Å². The number of rotatable bonds is 6. The number of anilines is 1. The zero-order valence-electron chi connectivity index (χ0n) is 16.2. The molecular formula is C20H21ClN4O4. The highest BCUT2D eigenvalue weighted by Crippen LogP contribution is 2.21. The monoisotopic (exact) mass is 416 g/mol. The van der Waals surface area contributed by atoms with Crippen LogP contribution in [0.4, 0.5) is 5.69 Å². The zero-order valence-corrected chi connectivity index (χ0v) is 17.0. The van der Waals surface area contributed by atoms with Crippen molar-refractivity contribution in [1.29, 1.82) is 0 Å². The average molecular weight is 417 g/mol. The van der Waals surface area contributed by atoms with Crippen LogP contribution in [0.3, 0.4) is 0 Å². The summed E-state index contributed by atoms with van der Waals surface area (Å²) in [5.74, 6) is -1.74. The predicted molar refractivity (Wildman–Crippen MR) is 111 cm³/mol.